The third-order valence-electron chi connectivity index (χ3n) is 7.51. The molecule has 1 saturated carbocycles. The number of unbranched alkanes of at least 4 members (excludes halogenated alkanes) is 4. The Morgan fingerprint density at radius 3 is 2.05 bits per heavy atom. The molecule has 8 heteroatoms. The van der Waals surface area contributed by atoms with Gasteiger partial charge in [0.25, 0.3) is 5.91 Å². The number of carboxylic acids is 1. The van der Waals surface area contributed by atoms with Crippen LogP contribution in [0.2, 0.25) is 0 Å². The predicted octanol–water partition coefficient (Wildman–Crippen LogP) is 7.00. The van der Waals surface area contributed by atoms with Crippen molar-refractivity contribution in [1.29, 1.82) is 0 Å². The van der Waals surface area contributed by atoms with Gasteiger partial charge in [-0.2, -0.15) is 0 Å². The second-order valence-corrected chi connectivity index (χ2v) is 10.9. The number of carboxylic acid groups (broad SMARTS) is 1. The van der Waals surface area contributed by atoms with Crippen molar-refractivity contribution in [3.05, 3.63) is 89.5 Å². The number of nitrogens with one attached hydrogen (secondary N) is 1. The normalized spacial score (nSPS) is 13.7. The van der Waals surface area contributed by atoms with Gasteiger partial charge in [0.1, 0.15) is 23.3 Å². The third kappa shape index (κ3) is 10.2. The van der Waals surface area contributed by atoms with Crippen LogP contribution in [0.3, 0.4) is 0 Å². The Labute approximate surface area is 253 Å². The van der Waals surface area contributed by atoms with Crippen molar-refractivity contribution in [3.63, 3.8) is 0 Å². The van der Waals surface area contributed by atoms with Crippen molar-refractivity contribution in [3.8, 4) is 17.2 Å². The highest BCUT2D eigenvalue weighted by Crippen LogP contribution is 2.24. The molecule has 3 aromatic carbocycles. The molecule has 4 rings (SSSR count). The molecule has 1 amide bonds. The summed E-state index contributed by atoms with van der Waals surface area (Å²) in [6, 6.07) is 19.0. The average Bonchev–Trinajstić information content (AvgIpc) is 3.53. The van der Waals surface area contributed by atoms with E-state index in [2.05, 4.69) is 12.2 Å². The lowest BCUT2D eigenvalue weighted by Crippen LogP contribution is -2.42. The van der Waals surface area contributed by atoms with E-state index < -0.39 is 23.9 Å². The van der Waals surface area contributed by atoms with E-state index in [1.165, 1.54) is 32.1 Å². The second-order valence-electron chi connectivity index (χ2n) is 10.9. The minimum atomic E-state index is -1.14. The molecule has 0 spiro atoms. The first-order valence-electron chi connectivity index (χ1n) is 15.3. The summed E-state index contributed by atoms with van der Waals surface area (Å²) in [5, 5.41) is 12.3. The lowest BCUT2D eigenvalue weighted by Gasteiger charge is -2.16. The van der Waals surface area contributed by atoms with Crippen molar-refractivity contribution in [2.45, 2.75) is 83.3 Å². The smallest absolute Gasteiger partial charge is 0.343 e. The van der Waals surface area contributed by atoms with E-state index >= 15 is 0 Å². The molecule has 0 saturated heterocycles. The summed E-state index contributed by atoms with van der Waals surface area (Å²) < 4.78 is 17.2. The summed E-state index contributed by atoms with van der Waals surface area (Å²) in [5.41, 5.74) is 1.42. The molecule has 0 bridgehead atoms. The number of rotatable bonds is 16. The van der Waals surface area contributed by atoms with E-state index in [-0.39, 0.29) is 12.5 Å². The molecule has 43 heavy (non-hydrogen) atoms. The zero-order valence-corrected chi connectivity index (χ0v) is 24.8. The quantitative estimate of drug-likeness (QED) is 0.105. The van der Waals surface area contributed by atoms with E-state index in [1.54, 1.807) is 72.8 Å². The lowest BCUT2D eigenvalue weighted by molar-refractivity contribution is -0.139. The van der Waals surface area contributed by atoms with Crippen molar-refractivity contribution in [2.24, 2.45) is 0 Å². The van der Waals surface area contributed by atoms with Crippen molar-refractivity contribution in [2.75, 3.05) is 6.61 Å². The zero-order chi connectivity index (χ0) is 30.4. The summed E-state index contributed by atoms with van der Waals surface area (Å²) in [6.07, 6.45) is 10.5. The lowest BCUT2D eigenvalue weighted by atomic mass is 10.1. The first kappa shape index (κ1) is 31.6. The number of amides is 1. The van der Waals surface area contributed by atoms with Crippen molar-refractivity contribution < 1.29 is 33.7 Å². The molecule has 3 aromatic rings. The van der Waals surface area contributed by atoms with Gasteiger partial charge in [-0.15, -0.1) is 0 Å². The van der Waals surface area contributed by atoms with Crippen LogP contribution in [-0.2, 0) is 11.2 Å². The fourth-order valence-electron chi connectivity index (χ4n) is 5.00. The molecule has 1 aliphatic rings. The highest BCUT2D eigenvalue weighted by atomic mass is 16.5. The van der Waals surface area contributed by atoms with Crippen LogP contribution in [-0.4, -0.2) is 41.7 Å². The molecule has 0 unspecified atom stereocenters. The number of ether oxygens (including phenoxy) is 3. The molecule has 1 fully saturated rings. The van der Waals surface area contributed by atoms with Crippen LogP contribution >= 0.6 is 0 Å². The molecule has 0 aliphatic heterocycles. The third-order valence-corrected chi connectivity index (χ3v) is 7.51. The predicted molar refractivity (Wildman–Crippen MR) is 164 cm³/mol. The van der Waals surface area contributed by atoms with Crippen LogP contribution in [0, 0.1) is 0 Å². The molecule has 0 aromatic heterocycles. The van der Waals surface area contributed by atoms with Crippen LogP contribution in [0.15, 0.2) is 72.8 Å². The number of aliphatic carboxylic acids is 1. The molecular weight excluding hydrogens is 546 g/mol. The van der Waals surface area contributed by atoms with Crippen molar-refractivity contribution >= 4 is 17.8 Å². The van der Waals surface area contributed by atoms with Gasteiger partial charge >= 0.3 is 11.9 Å². The Kier molecular flexibility index (Phi) is 12.0. The van der Waals surface area contributed by atoms with Gasteiger partial charge in [-0.25, -0.2) is 9.59 Å². The highest BCUT2D eigenvalue weighted by Gasteiger charge is 2.22. The number of esters is 1. The Balaban J connectivity index is 1.24. The number of benzene rings is 3. The highest BCUT2D eigenvalue weighted by molar-refractivity contribution is 5.96. The Hall–Kier alpha value is -4.33. The van der Waals surface area contributed by atoms with E-state index in [9.17, 15) is 19.5 Å². The van der Waals surface area contributed by atoms with E-state index in [1.807, 2.05) is 0 Å². The molecule has 2 N–H and O–H groups in total. The summed E-state index contributed by atoms with van der Waals surface area (Å²) in [4.78, 5) is 37.3. The van der Waals surface area contributed by atoms with Gasteiger partial charge in [-0.1, -0.05) is 44.7 Å². The Morgan fingerprint density at radius 2 is 1.40 bits per heavy atom. The molecule has 1 atom stereocenters. The maximum Gasteiger partial charge on any atom is 0.343 e. The number of hydrogen-bond acceptors (Lipinski definition) is 6. The van der Waals surface area contributed by atoms with E-state index in [0.717, 1.165) is 25.7 Å². The first-order valence-corrected chi connectivity index (χ1v) is 15.3. The molecular formula is C35H41NO7. The minimum absolute atomic E-state index is 0.0677. The standard InChI is InChI=1S/C35H41NO7/c1-2-3-4-5-8-23-41-28-19-15-27(16-20-28)35(40)43-31-17-11-25(12-18-31)24-32(34(38)39)36-33(37)26-13-21-30(22-14-26)42-29-9-6-7-10-29/h11-22,29,32H,2-10,23-24H2,1H3,(H,36,37)(H,38,39)/t32-/m0/s1. The monoisotopic (exact) mass is 587 g/mol. The van der Waals surface area contributed by atoms with Crippen LogP contribution in [0.1, 0.15) is 91.0 Å². The SMILES string of the molecule is CCCCCCCOc1ccc(C(=O)Oc2ccc(C[C@H](NC(=O)c3ccc(OC4CCCC4)cc3)C(=O)O)cc2)cc1. The molecule has 228 valence electrons. The van der Waals surface area contributed by atoms with Gasteiger partial charge in [0.2, 0.25) is 0 Å². The van der Waals surface area contributed by atoms with E-state index in [0.29, 0.717) is 40.5 Å². The van der Waals surface area contributed by atoms with Gasteiger partial charge in [-0.3, -0.25) is 4.79 Å². The van der Waals surface area contributed by atoms with Crippen LogP contribution in [0.25, 0.3) is 0 Å². The van der Waals surface area contributed by atoms with E-state index in [4.69, 9.17) is 14.2 Å². The molecule has 1 aliphatic carbocycles. The summed E-state index contributed by atoms with van der Waals surface area (Å²) in [7, 11) is 0. The number of carbonyl (C=O) groups is 3. The number of hydrogen-bond donors (Lipinski definition) is 2. The fraction of sp³-hybridized carbons (Fsp3) is 0.400. The van der Waals surface area contributed by atoms with Gasteiger partial charge in [0.15, 0.2) is 0 Å². The van der Waals surface area contributed by atoms with Crippen molar-refractivity contribution in [1.82, 2.24) is 5.32 Å². The van der Waals surface area contributed by atoms with Gasteiger partial charge in [0, 0.05) is 12.0 Å². The Morgan fingerprint density at radius 1 is 0.791 bits per heavy atom. The molecule has 0 heterocycles. The second kappa shape index (κ2) is 16.3. The maximum atomic E-state index is 12.8. The molecule has 0 radical (unpaired) electrons. The van der Waals surface area contributed by atoms with Crippen LogP contribution in [0.4, 0.5) is 0 Å². The zero-order valence-electron chi connectivity index (χ0n) is 24.8. The van der Waals surface area contributed by atoms with Crippen LogP contribution < -0.4 is 19.5 Å². The largest absolute Gasteiger partial charge is 0.494 e. The first-order chi connectivity index (χ1) is 20.9. The van der Waals surface area contributed by atoms with Crippen LogP contribution in [0.5, 0.6) is 17.2 Å². The van der Waals surface area contributed by atoms with Gasteiger partial charge < -0.3 is 24.6 Å². The summed E-state index contributed by atoms with van der Waals surface area (Å²) in [6.45, 7) is 2.84. The van der Waals surface area contributed by atoms with Gasteiger partial charge in [0.05, 0.1) is 18.3 Å². The molecule has 8 nitrogen and oxygen atoms in total. The topological polar surface area (TPSA) is 111 Å². The maximum absolute atomic E-state index is 12.8. The fourth-order valence-corrected chi connectivity index (χ4v) is 5.00. The average molecular weight is 588 g/mol. The summed E-state index contributed by atoms with van der Waals surface area (Å²) in [5.74, 6) is -0.385. The minimum Gasteiger partial charge on any atom is -0.494 e. The number of carbonyl (C=O) groups excluding carboxylic acids is 2. The van der Waals surface area contributed by atoms with Gasteiger partial charge in [-0.05, 0) is 98.3 Å². The summed E-state index contributed by atoms with van der Waals surface area (Å²) >= 11 is 0. The Bertz CT molecular complexity index is 1310.